The Labute approximate surface area is 99.0 Å². The predicted molar refractivity (Wildman–Crippen MR) is 65.2 cm³/mol. The Kier molecular flexibility index (Phi) is 3.02. The van der Waals surface area contributed by atoms with Crippen LogP contribution in [0.4, 0.5) is 5.82 Å². The van der Waals surface area contributed by atoms with E-state index in [9.17, 15) is 0 Å². The maximum absolute atomic E-state index is 4.30. The highest BCUT2D eigenvalue weighted by Gasteiger charge is 2.25. The zero-order chi connectivity index (χ0) is 11.0. The lowest BCUT2D eigenvalue weighted by atomic mass is 10.2. The fraction of sp³-hybridized carbons (Fsp3) is 0.700. The average molecular weight is 273 g/mol. The molecule has 2 heterocycles. The highest BCUT2D eigenvalue weighted by molar-refractivity contribution is 9.10. The van der Waals surface area contributed by atoms with E-state index in [0.717, 1.165) is 17.7 Å². The van der Waals surface area contributed by atoms with Crippen molar-refractivity contribution in [2.24, 2.45) is 7.05 Å². The molecule has 0 amide bonds. The third-order valence-corrected chi connectivity index (χ3v) is 3.43. The first kappa shape index (κ1) is 11.0. The molecule has 0 N–H and O–H groups in total. The number of hydrogen-bond acceptors (Lipinski definition) is 3. The van der Waals surface area contributed by atoms with Gasteiger partial charge in [-0.1, -0.05) is 0 Å². The van der Waals surface area contributed by atoms with Crippen LogP contribution in [0.1, 0.15) is 6.42 Å². The van der Waals surface area contributed by atoms with Gasteiger partial charge in [0, 0.05) is 32.2 Å². The molecule has 1 aliphatic rings. The van der Waals surface area contributed by atoms with Crippen molar-refractivity contribution in [2.45, 2.75) is 12.5 Å². The minimum Gasteiger partial charge on any atom is -0.355 e. The van der Waals surface area contributed by atoms with Gasteiger partial charge in [-0.05, 0) is 36.4 Å². The van der Waals surface area contributed by atoms with Gasteiger partial charge in [-0.25, -0.2) is 0 Å². The molecule has 2 rings (SSSR count). The lowest BCUT2D eigenvalue weighted by Crippen LogP contribution is -2.32. The van der Waals surface area contributed by atoms with Crippen LogP contribution in [0.3, 0.4) is 0 Å². The van der Waals surface area contributed by atoms with Crippen LogP contribution in [0, 0.1) is 0 Å². The quantitative estimate of drug-likeness (QED) is 0.812. The van der Waals surface area contributed by atoms with Crippen LogP contribution in [0.25, 0.3) is 0 Å². The molecular weight excluding hydrogens is 256 g/mol. The fourth-order valence-electron chi connectivity index (χ4n) is 2.09. The number of aryl methyl sites for hydroxylation is 1. The van der Waals surface area contributed by atoms with E-state index in [1.54, 1.807) is 0 Å². The first-order chi connectivity index (χ1) is 7.08. The van der Waals surface area contributed by atoms with Gasteiger partial charge in [-0.3, -0.25) is 4.68 Å². The summed E-state index contributed by atoms with van der Waals surface area (Å²) in [5.41, 5.74) is 0. The summed E-state index contributed by atoms with van der Waals surface area (Å²) >= 11 is 3.41. The molecule has 0 bridgehead atoms. The molecule has 84 valence electrons. The Morgan fingerprint density at radius 3 is 2.73 bits per heavy atom. The molecule has 4 nitrogen and oxygen atoms in total. The molecule has 0 aromatic carbocycles. The van der Waals surface area contributed by atoms with Crippen LogP contribution in [0.2, 0.25) is 0 Å². The zero-order valence-corrected chi connectivity index (χ0v) is 11.0. The van der Waals surface area contributed by atoms with Crippen molar-refractivity contribution in [3.05, 3.63) is 10.7 Å². The lowest BCUT2D eigenvalue weighted by molar-refractivity contribution is 0.315. The monoisotopic (exact) mass is 272 g/mol. The van der Waals surface area contributed by atoms with E-state index < -0.39 is 0 Å². The normalized spacial score (nSPS) is 21.7. The van der Waals surface area contributed by atoms with Crippen LogP contribution in [-0.4, -0.2) is 47.9 Å². The fourth-order valence-corrected chi connectivity index (χ4v) is 2.53. The van der Waals surface area contributed by atoms with Gasteiger partial charge in [0.05, 0.1) is 0 Å². The Morgan fingerprint density at radius 2 is 2.27 bits per heavy atom. The van der Waals surface area contributed by atoms with Crippen molar-refractivity contribution in [3.63, 3.8) is 0 Å². The molecule has 1 atom stereocenters. The summed E-state index contributed by atoms with van der Waals surface area (Å²) in [5.74, 6) is 1.20. The SMILES string of the molecule is CN(C)[C@H]1CCN(c2cc(Br)nn2C)C1. The van der Waals surface area contributed by atoms with Gasteiger partial charge in [0.15, 0.2) is 0 Å². The third kappa shape index (κ3) is 2.18. The van der Waals surface area contributed by atoms with Crippen molar-refractivity contribution >= 4 is 21.7 Å². The molecule has 15 heavy (non-hydrogen) atoms. The minimum absolute atomic E-state index is 0.665. The van der Waals surface area contributed by atoms with Crippen molar-refractivity contribution in [1.29, 1.82) is 0 Å². The standard InChI is InChI=1S/C10H17BrN4/c1-13(2)8-4-5-15(7-8)10-6-9(11)12-14(10)3/h6,8H,4-5,7H2,1-3H3/t8-/m0/s1. The molecule has 1 aliphatic heterocycles. The first-order valence-electron chi connectivity index (χ1n) is 5.19. The van der Waals surface area contributed by atoms with E-state index in [1.807, 2.05) is 11.7 Å². The topological polar surface area (TPSA) is 24.3 Å². The van der Waals surface area contributed by atoms with Crippen molar-refractivity contribution in [1.82, 2.24) is 14.7 Å². The molecule has 1 aromatic heterocycles. The Bertz CT molecular complexity index is 347. The first-order valence-corrected chi connectivity index (χ1v) is 5.98. The largest absolute Gasteiger partial charge is 0.355 e. The number of nitrogens with zero attached hydrogens (tertiary/aromatic N) is 4. The van der Waals surface area contributed by atoms with E-state index in [0.29, 0.717) is 6.04 Å². The zero-order valence-electron chi connectivity index (χ0n) is 9.44. The molecule has 0 aliphatic carbocycles. The van der Waals surface area contributed by atoms with Gasteiger partial charge < -0.3 is 9.80 Å². The highest BCUT2D eigenvalue weighted by atomic mass is 79.9. The maximum Gasteiger partial charge on any atom is 0.130 e. The molecule has 0 spiro atoms. The summed E-state index contributed by atoms with van der Waals surface area (Å²) in [6.45, 7) is 2.22. The van der Waals surface area contributed by atoms with Gasteiger partial charge >= 0.3 is 0 Å². The van der Waals surface area contributed by atoms with Gasteiger partial charge in [-0.15, -0.1) is 0 Å². The van der Waals surface area contributed by atoms with E-state index in [4.69, 9.17) is 0 Å². The summed E-state index contributed by atoms with van der Waals surface area (Å²) in [4.78, 5) is 4.69. The van der Waals surface area contributed by atoms with E-state index in [-0.39, 0.29) is 0 Å². The Morgan fingerprint density at radius 1 is 1.53 bits per heavy atom. The maximum atomic E-state index is 4.30. The number of anilines is 1. The molecule has 0 unspecified atom stereocenters. The van der Waals surface area contributed by atoms with E-state index in [2.05, 4.69) is 51.0 Å². The number of halogens is 1. The third-order valence-electron chi connectivity index (χ3n) is 3.04. The van der Waals surface area contributed by atoms with Gasteiger partial charge in [0.2, 0.25) is 0 Å². The number of aromatic nitrogens is 2. The van der Waals surface area contributed by atoms with Crippen molar-refractivity contribution in [3.8, 4) is 0 Å². The van der Waals surface area contributed by atoms with Crippen molar-refractivity contribution < 1.29 is 0 Å². The molecular formula is C10H17BrN4. The van der Waals surface area contributed by atoms with Crippen LogP contribution in [0.5, 0.6) is 0 Å². The Hall–Kier alpha value is -0.550. The lowest BCUT2D eigenvalue weighted by Gasteiger charge is -2.21. The summed E-state index contributed by atoms with van der Waals surface area (Å²) in [6, 6.07) is 2.75. The van der Waals surface area contributed by atoms with Crippen LogP contribution in [-0.2, 0) is 7.05 Å². The second-order valence-electron chi connectivity index (χ2n) is 4.30. The molecule has 5 heteroatoms. The van der Waals surface area contributed by atoms with E-state index >= 15 is 0 Å². The summed E-state index contributed by atoms with van der Waals surface area (Å²) in [6.07, 6.45) is 1.23. The predicted octanol–water partition coefficient (Wildman–Crippen LogP) is 1.32. The van der Waals surface area contributed by atoms with Crippen LogP contribution >= 0.6 is 15.9 Å². The molecule has 0 saturated carbocycles. The van der Waals surface area contributed by atoms with Gasteiger partial charge in [-0.2, -0.15) is 5.10 Å². The van der Waals surface area contributed by atoms with Gasteiger partial charge in [0.25, 0.3) is 0 Å². The van der Waals surface area contributed by atoms with Crippen LogP contribution < -0.4 is 4.90 Å². The molecule has 1 aromatic rings. The Balaban J connectivity index is 2.11. The van der Waals surface area contributed by atoms with Gasteiger partial charge in [0.1, 0.15) is 10.4 Å². The van der Waals surface area contributed by atoms with Crippen molar-refractivity contribution in [2.75, 3.05) is 32.1 Å². The summed E-state index contributed by atoms with van der Waals surface area (Å²) in [5, 5.41) is 4.30. The number of rotatable bonds is 2. The van der Waals surface area contributed by atoms with E-state index in [1.165, 1.54) is 12.2 Å². The molecule has 0 radical (unpaired) electrons. The molecule has 1 saturated heterocycles. The summed E-state index contributed by atoms with van der Waals surface area (Å²) < 4.78 is 2.84. The number of hydrogen-bond donors (Lipinski definition) is 0. The minimum atomic E-state index is 0.665. The summed E-state index contributed by atoms with van der Waals surface area (Å²) in [7, 11) is 6.28. The number of likely N-dealkylation sites (N-methyl/N-ethyl adjacent to an activating group) is 1. The average Bonchev–Trinajstić information content (AvgIpc) is 2.71. The highest BCUT2D eigenvalue weighted by Crippen LogP contribution is 2.24. The second-order valence-corrected chi connectivity index (χ2v) is 5.11. The smallest absolute Gasteiger partial charge is 0.130 e. The van der Waals surface area contributed by atoms with Crippen LogP contribution in [0.15, 0.2) is 10.7 Å². The molecule has 1 fully saturated rings. The second kappa shape index (κ2) is 4.14.